The van der Waals surface area contributed by atoms with E-state index in [2.05, 4.69) is 33.5 Å². The van der Waals surface area contributed by atoms with E-state index in [1.807, 2.05) is 6.07 Å². The van der Waals surface area contributed by atoms with Crippen molar-refractivity contribution in [1.29, 1.82) is 0 Å². The molecule has 0 saturated carbocycles. The summed E-state index contributed by atoms with van der Waals surface area (Å²) in [6.45, 7) is 2.61. The maximum Gasteiger partial charge on any atom is 0.341 e. The maximum absolute atomic E-state index is 12.9. The predicted molar refractivity (Wildman–Crippen MR) is 131 cm³/mol. The fraction of sp³-hybridized carbons (Fsp3) is 0.409. The molecule has 31 heavy (non-hydrogen) atoms. The van der Waals surface area contributed by atoms with Crippen LogP contribution in [0.2, 0.25) is 0 Å². The molecule has 1 aliphatic rings. The predicted octanol–water partition coefficient (Wildman–Crippen LogP) is 5.48. The molecule has 2 aromatic rings. The largest absolute Gasteiger partial charge is 0.493 e. The van der Waals surface area contributed by atoms with Crippen molar-refractivity contribution < 1.29 is 19.1 Å². The van der Waals surface area contributed by atoms with Crippen LogP contribution in [0.25, 0.3) is 0 Å². The third-order valence-corrected chi connectivity index (χ3v) is 6.86. The molecule has 0 saturated heterocycles. The molecule has 3 rings (SSSR count). The summed E-state index contributed by atoms with van der Waals surface area (Å²) in [5, 5.41) is 6.46. The number of hydrogen-bond donors (Lipinski definition) is 2. The normalized spacial score (nSPS) is 12.6. The van der Waals surface area contributed by atoms with Gasteiger partial charge >= 0.3 is 5.97 Å². The first-order chi connectivity index (χ1) is 14.9. The highest BCUT2D eigenvalue weighted by atomic mass is 79.9. The number of unbranched alkanes of at least 4 members (excludes halogenated alkanes) is 1. The zero-order valence-electron chi connectivity index (χ0n) is 17.5. The lowest BCUT2D eigenvalue weighted by Crippen LogP contribution is -2.34. The first-order valence-electron chi connectivity index (χ1n) is 10.2. The topological polar surface area (TPSA) is 76.7 Å². The molecule has 0 atom stereocenters. The number of carbonyl (C=O) groups excluding carboxylic acids is 2. The van der Waals surface area contributed by atoms with Crippen molar-refractivity contribution in [2.45, 2.75) is 45.4 Å². The Morgan fingerprint density at radius 3 is 2.77 bits per heavy atom. The summed E-state index contributed by atoms with van der Waals surface area (Å²) in [5.41, 5.74) is 1.93. The number of fused-ring (bicyclic) bond motifs is 1. The Kier molecular flexibility index (Phi) is 8.45. The van der Waals surface area contributed by atoms with Crippen LogP contribution >= 0.6 is 39.5 Å². The number of benzene rings is 1. The molecule has 1 amide bonds. The van der Waals surface area contributed by atoms with Gasteiger partial charge in [-0.1, -0.05) is 29.3 Å². The number of nitrogens with one attached hydrogen (secondary N) is 2. The van der Waals surface area contributed by atoms with E-state index in [0.717, 1.165) is 48.6 Å². The van der Waals surface area contributed by atoms with Gasteiger partial charge in [0.2, 0.25) is 0 Å². The molecule has 1 aromatic heterocycles. The maximum atomic E-state index is 12.9. The van der Waals surface area contributed by atoms with Gasteiger partial charge in [0.15, 0.2) is 5.11 Å². The molecular weight excluding hydrogens is 500 g/mol. The molecule has 1 aliphatic carbocycles. The quantitative estimate of drug-likeness (QED) is 0.283. The van der Waals surface area contributed by atoms with Crippen LogP contribution in [0.1, 0.15) is 63.8 Å². The minimum absolute atomic E-state index is 0.119. The molecule has 0 fully saturated rings. The van der Waals surface area contributed by atoms with Crippen LogP contribution in [0.4, 0.5) is 5.00 Å². The van der Waals surface area contributed by atoms with Crippen molar-refractivity contribution in [1.82, 2.24) is 5.32 Å². The zero-order valence-corrected chi connectivity index (χ0v) is 20.7. The molecule has 1 heterocycles. The van der Waals surface area contributed by atoms with Crippen LogP contribution in [-0.2, 0) is 17.6 Å². The zero-order chi connectivity index (χ0) is 22.4. The second kappa shape index (κ2) is 11.1. The number of thiophene rings is 1. The Bertz CT molecular complexity index is 990. The number of rotatable bonds is 7. The minimum atomic E-state index is -0.394. The molecule has 0 spiro atoms. The van der Waals surface area contributed by atoms with Crippen LogP contribution in [0.5, 0.6) is 5.75 Å². The average molecular weight is 525 g/mol. The highest BCUT2D eigenvalue weighted by molar-refractivity contribution is 9.10. The third kappa shape index (κ3) is 5.84. The number of ether oxygens (including phenoxy) is 2. The van der Waals surface area contributed by atoms with Gasteiger partial charge in [0.1, 0.15) is 10.8 Å². The lowest BCUT2D eigenvalue weighted by atomic mass is 9.95. The molecule has 6 nitrogen and oxygen atoms in total. The molecule has 0 aliphatic heterocycles. The van der Waals surface area contributed by atoms with Gasteiger partial charge in [-0.3, -0.25) is 10.1 Å². The average Bonchev–Trinajstić information content (AvgIpc) is 3.11. The van der Waals surface area contributed by atoms with Crippen molar-refractivity contribution in [2.75, 3.05) is 19.0 Å². The van der Waals surface area contributed by atoms with Gasteiger partial charge in [-0.25, -0.2) is 4.79 Å². The van der Waals surface area contributed by atoms with Gasteiger partial charge < -0.3 is 14.8 Å². The van der Waals surface area contributed by atoms with E-state index in [0.29, 0.717) is 28.5 Å². The number of anilines is 1. The van der Waals surface area contributed by atoms with E-state index in [9.17, 15) is 9.59 Å². The fourth-order valence-electron chi connectivity index (χ4n) is 3.41. The van der Waals surface area contributed by atoms with Crippen LogP contribution < -0.4 is 15.4 Å². The Morgan fingerprint density at radius 2 is 2.03 bits per heavy atom. The molecule has 1 aromatic carbocycles. The number of esters is 1. The van der Waals surface area contributed by atoms with E-state index in [1.165, 1.54) is 23.3 Å². The SMILES string of the molecule is CCCCOc1ccc(Br)cc1C(=O)NC(=S)Nc1sc2c(c1C(=O)OC)CCCC2. The van der Waals surface area contributed by atoms with E-state index in [4.69, 9.17) is 21.7 Å². The first-order valence-corrected chi connectivity index (χ1v) is 12.2. The molecule has 166 valence electrons. The van der Waals surface area contributed by atoms with Crippen molar-refractivity contribution in [2.24, 2.45) is 0 Å². The van der Waals surface area contributed by atoms with Crippen LogP contribution in [-0.4, -0.2) is 30.7 Å². The summed E-state index contributed by atoms with van der Waals surface area (Å²) in [6, 6.07) is 5.28. The van der Waals surface area contributed by atoms with Crippen molar-refractivity contribution in [3.05, 3.63) is 44.2 Å². The first kappa shape index (κ1) is 23.7. The van der Waals surface area contributed by atoms with Gasteiger partial charge in [-0.05, 0) is 68.1 Å². The van der Waals surface area contributed by atoms with Crippen LogP contribution in [0.15, 0.2) is 22.7 Å². The highest BCUT2D eigenvalue weighted by Gasteiger charge is 2.27. The van der Waals surface area contributed by atoms with E-state index < -0.39 is 5.97 Å². The van der Waals surface area contributed by atoms with Crippen molar-refractivity contribution in [3.63, 3.8) is 0 Å². The van der Waals surface area contributed by atoms with Crippen molar-refractivity contribution in [3.8, 4) is 5.75 Å². The molecule has 9 heteroatoms. The minimum Gasteiger partial charge on any atom is -0.493 e. The summed E-state index contributed by atoms with van der Waals surface area (Å²) in [5.74, 6) is -0.278. The number of methoxy groups -OCH3 is 1. The fourth-order valence-corrected chi connectivity index (χ4v) is 5.31. The van der Waals surface area contributed by atoms with Crippen LogP contribution in [0, 0.1) is 0 Å². The van der Waals surface area contributed by atoms with E-state index in [1.54, 1.807) is 12.1 Å². The number of amides is 1. The number of aryl methyl sites for hydroxylation is 1. The molecule has 0 unspecified atom stereocenters. The van der Waals surface area contributed by atoms with Gasteiger partial charge in [0, 0.05) is 9.35 Å². The number of halogens is 1. The molecule has 0 radical (unpaired) electrons. The Morgan fingerprint density at radius 1 is 1.26 bits per heavy atom. The standard InChI is InChI=1S/C22H25BrN2O4S2/c1-3-4-11-29-16-10-9-13(23)12-15(16)19(26)24-22(30)25-20-18(21(27)28-2)14-7-5-6-8-17(14)31-20/h9-10,12H,3-8,11H2,1-2H3,(H2,24,25,26,30). The van der Waals surface area contributed by atoms with Gasteiger partial charge in [-0.2, -0.15) is 0 Å². The highest BCUT2D eigenvalue weighted by Crippen LogP contribution is 2.38. The summed E-state index contributed by atoms with van der Waals surface area (Å²) < 4.78 is 11.5. The number of thiocarbonyl (C=S) groups is 1. The van der Waals surface area contributed by atoms with E-state index in [-0.39, 0.29) is 11.0 Å². The summed E-state index contributed by atoms with van der Waals surface area (Å²) in [4.78, 5) is 26.5. The Balaban J connectivity index is 1.76. The monoisotopic (exact) mass is 524 g/mol. The lowest BCUT2D eigenvalue weighted by Gasteiger charge is -2.14. The summed E-state index contributed by atoms with van der Waals surface area (Å²) in [6.07, 6.45) is 5.81. The van der Waals surface area contributed by atoms with Crippen molar-refractivity contribution >= 4 is 61.5 Å². The third-order valence-electron chi connectivity index (χ3n) is 4.96. The molecule has 0 bridgehead atoms. The van der Waals surface area contributed by atoms with Crippen LogP contribution in [0.3, 0.4) is 0 Å². The molecular formula is C22H25BrN2O4S2. The second-order valence-electron chi connectivity index (χ2n) is 7.16. The summed E-state index contributed by atoms with van der Waals surface area (Å²) in [7, 11) is 1.37. The van der Waals surface area contributed by atoms with Gasteiger partial charge in [-0.15, -0.1) is 11.3 Å². The smallest absolute Gasteiger partial charge is 0.341 e. The lowest BCUT2D eigenvalue weighted by molar-refractivity contribution is 0.0601. The summed E-state index contributed by atoms with van der Waals surface area (Å²) >= 11 is 10.3. The Hall–Kier alpha value is -1.97. The number of hydrogen-bond acceptors (Lipinski definition) is 6. The molecule has 2 N–H and O–H groups in total. The Labute approximate surface area is 199 Å². The van der Waals surface area contributed by atoms with E-state index >= 15 is 0 Å². The van der Waals surface area contributed by atoms with Gasteiger partial charge in [0.25, 0.3) is 5.91 Å². The van der Waals surface area contributed by atoms with Gasteiger partial charge in [0.05, 0.1) is 24.8 Å². The second-order valence-corrected chi connectivity index (χ2v) is 9.59. The number of carbonyl (C=O) groups is 2.